The molecule has 2 saturated heterocycles. The Hall–Kier alpha value is -2.83. The Morgan fingerprint density at radius 2 is 1.91 bits per heavy atom. The third-order valence-corrected chi connectivity index (χ3v) is 7.69. The monoisotopic (exact) mass is 430 g/mol. The van der Waals surface area contributed by atoms with Gasteiger partial charge in [0.15, 0.2) is 5.78 Å². The summed E-state index contributed by atoms with van der Waals surface area (Å²) >= 11 is 0. The molecule has 0 atom stereocenters. The van der Waals surface area contributed by atoms with Crippen LogP contribution in [-0.2, 0) is 16.6 Å². The van der Waals surface area contributed by atoms with Crippen molar-refractivity contribution in [2.45, 2.75) is 31.6 Å². The Bertz CT molecular complexity index is 1220. The number of nitrogens with one attached hydrogen (secondary N) is 2. The number of ketones is 1. The summed E-state index contributed by atoms with van der Waals surface area (Å²) in [6, 6.07) is 10.4. The molecule has 0 bridgehead atoms. The molecule has 6 heteroatoms. The van der Waals surface area contributed by atoms with Gasteiger partial charge in [-0.15, -0.1) is 0 Å². The summed E-state index contributed by atoms with van der Waals surface area (Å²) < 4.78 is 5.80. The lowest BCUT2D eigenvalue weighted by Crippen LogP contribution is -2.45. The number of piperazine rings is 1. The molecule has 1 spiro atoms. The molecule has 1 aliphatic carbocycles. The van der Waals surface area contributed by atoms with Gasteiger partial charge in [-0.1, -0.05) is 13.0 Å². The fourth-order valence-corrected chi connectivity index (χ4v) is 6.02. The van der Waals surface area contributed by atoms with Gasteiger partial charge in [0, 0.05) is 78.3 Å². The van der Waals surface area contributed by atoms with Crippen LogP contribution in [0.2, 0.25) is 0 Å². The number of aromatic nitrogens is 1. The first-order chi connectivity index (χ1) is 15.6. The Kier molecular flexibility index (Phi) is 4.56. The van der Waals surface area contributed by atoms with Gasteiger partial charge < -0.3 is 25.7 Å². The lowest BCUT2D eigenvalue weighted by Gasteiger charge is -2.42. The molecule has 2 aromatic carbocycles. The first-order valence-corrected chi connectivity index (χ1v) is 11.8. The van der Waals surface area contributed by atoms with E-state index < -0.39 is 0 Å². The zero-order valence-electron chi connectivity index (χ0n) is 18.6. The first-order valence-electron chi connectivity index (χ1n) is 11.8. The van der Waals surface area contributed by atoms with Crippen LogP contribution in [0.4, 0.5) is 11.4 Å². The second-order valence-electron chi connectivity index (χ2n) is 9.32. The van der Waals surface area contributed by atoms with E-state index in [-0.39, 0.29) is 11.2 Å². The molecule has 2 aliphatic heterocycles. The highest BCUT2D eigenvalue weighted by molar-refractivity contribution is 6.20. The van der Waals surface area contributed by atoms with E-state index in [1.165, 1.54) is 16.8 Å². The van der Waals surface area contributed by atoms with Crippen LogP contribution in [0.15, 0.2) is 30.3 Å². The van der Waals surface area contributed by atoms with Crippen molar-refractivity contribution < 1.29 is 9.53 Å². The Morgan fingerprint density at radius 1 is 1.12 bits per heavy atom. The molecule has 6 rings (SSSR count). The van der Waals surface area contributed by atoms with Gasteiger partial charge in [0.2, 0.25) is 0 Å². The maximum absolute atomic E-state index is 13.9. The molecule has 4 N–H and O–H groups in total. The molecule has 3 heterocycles. The van der Waals surface area contributed by atoms with Gasteiger partial charge in [-0.2, -0.15) is 0 Å². The number of nitrogens with zero attached hydrogens (tertiary/aromatic N) is 1. The van der Waals surface area contributed by atoms with Crippen molar-refractivity contribution in [3.8, 4) is 0 Å². The van der Waals surface area contributed by atoms with Crippen LogP contribution in [0, 0.1) is 0 Å². The van der Waals surface area contributed by atoms with Gasteiger partial charge in [-0.3, -0.25) is 4.79 Å². The third kappa shape index (κ3) is 2.76. The molecular weight excluding hydrogens is 400 g/mol. The minimum absolute atomic E-state index is 0.129. The fraction of sp³-hybridized carbons (Fsp3) is 0.423. The number of hydrogen-bond acceptors (Lipinski definition) is 5. The Labute approximate surface area is 188 Å². The number of ether oxygens (including phenoxy) is 1. The molecule has 1 aromatic heterocycles. The summed E-state index contributed by atoms with van der Waals surface area (Å²) in [4.78, 5) is 20.1. The summed E-state index contributed by atoms with van der Waals surface area (Å²) in [7, 11) is 0. The van der Waals surface area contributed by atoms with Crippen LogP contribution in [-0.4, -0.2) is 50.2 Å². The van der Waals surface area contributed by atoms with Crippen molar-refractivity contribution in [3.63, 3.8) is 0 Å². The predicted molar refractivity (Wildman–Crippen MR) is 128 cm³/mol. The lowest BCUT2D eigenvalue weighted by atomic mass is 9.64. The highest BCUT2D eigenvalue weighted by Gasteiger charge is 2.47. The number of nitrogen functional groups attached to an aromatic ring is 1. The van der Waals surface area contributed by atoms with E-state index in [2.05, 4.69) is 34.3 Å². The Balaban J connectivity index is 1.62. The maximum atomic E-state index is 13.9. The van der Waals surface area contributed by atoms with Gasteiger partial charge in [-0.05, 0) is 54.7 Å². The molecule has 3 aromatic rings. The number of carbonyl (C=O) groups excluding carboxylic acids is 1. The number of benzene rings is 2. The van der Waals surface area contributed by atoms with Crippen LogP contribution in [0.5, 0.6) is 0 Å². The third-order valence-electron chi connectivity index (χ3n) is 7.69. The number of aryl methyl sites for hydroxylation is 1. The summed E-state index contributed by atoms with van der Waals surface area (Å²) in [5, 5.41) is 4.43. The van der Waals surface area contributed by atoms with Crippen LogP contribution in [0.25, 0.3) is 10.9 Å². The van der Waals surface area contributed by atoms with Crippen LogP contribution < -0.4 is 16.0 Å². The topological polar surface area (TPSA) is 83.4 Å². The molecule has 32 heavy (non-hydrogen) atoms. The summed E-state index contributed by atoms with van der Waals surface area (Å²) in [5.41, 5.74) is 13.9. The van der Waals surface area contributed by atoms with Crippen molar-refractivity contribution in [1.82, 2.24) is 10.3 Å². The number of H-pyrrole nitrogens is 1. The van der Waals surface area contributed by atoms with Gasteiger partial charge in [0.05, 0.1) is 5.56 Å². The van der Waals surface area contributed by atoms with Gasteiger partial charge in [-0.25, -0.2) is 0 Å². The summed E-state index contributed by atoms with van der Waals surface area (Å²) in [6.07, 6.45) is 2.65. The molecule has 2 fully saturated rings. The minimum atomic E-state index is -0.236. The number of fused-ring (bicyclic) bond motifs is 6. The number of rotatable bonds is 2. The average molecular weight is 431 g/mol. The lowest BCUT2D eigenvalue weighted by molar-refractivity contribution is 0.0602. The van der Waals surface area contributed by atoms with Crippen molar-refractivity contribution in [2.24, 2.45) is 0 Å². The van der Waals surface area contributed by atoms with Gasteiger partial charge in [0.25, 0.3) is 0 Å². The van der Waals surface area contributed by atoms with Gasteiger partial charge in [0.1, 0.15) is 0 Å². The van der Waals surface area contributed by atoms with Crippen molar-refractivity contribution >= 4 is 28.1 Å². The van der Waals surface area contributed by atoms with Crippen LogP contribution >= 0.6 is 0 Å². The second-order valence-corrected chi connectivity index (χ2v) is 9.32. The highest BCUT2D eigenvalue weighted by Crippen LogP contribution is 2.50. The van der Waals surface area contributed by atoms with E-state index in [0.717, 1.165) is 73.2 Å². The average Bonchev–Trinajstić information content (AvgIpc) is 3.22. The highest BCUT2D eigenvalue weighted by atomic mass is 16.5. The maximum Gasteiger partial charge on any atom is 0.195 e. The van der Waals surface area contributed by atoms with Crippen molar-refractivity contribution in [3.05, 3.63) is 58.3 Å². The van der Waals surface area contributed by atoms with E-state index in [1.54, 1.807) is 0 Å². The number of anilines is 2. The van der Waals surface area contributed by atoms with E-state index in [0.29, 0.717) is 18.9 Å². The van der Waals surface area contributed by atoms with E-state index >= 15 is 0 Å². The summed E-state index contributed by atoms with van der Waals surface area (Å²) in [6.45, 7) is 7.55. The van der Waals surface area contributed by atoms with Crippen molar-refractivity contribution in [2.75, 3.05) is 50.0 Å². The predicted octanol–water partition coefficient (Wildman–Crippen LogP) is 3.36. The molecule has 166 valence electrons. The zero-order chi connectivity index (χ0) is 21.9. The van der Waals surface area contributed by atoms with E-state index in [4.69, 9.17) is 10.5 Å². The van der Waals surface area contributed by atoms with Crippen molar-refractivity contribution in [1.29, 1.82) is 0 Å². The van der Waals surface area contributed by atoms with E-state index in [9.17, 15) is 4.79 Å². The molecular formula is C26H30N4O2. The molecule has 0 radical (unpaired) electrons. The molecule has 0 unspecified atom stereocenters. The zero-order valence-corrected chi connectivity index (χ0v) is 18.6. The van der Waals surface area contributed by atoms with Crippen LogP contribution in [0.1, 0.15) is 52.5 Å². The molecule has 3 aliphatic rings. The largest absolute Gasteiger partial charge is 0.399 e. The second kappa shape index (κ2) is 7.36. The first kappa shape index (κ1) is 19.8. The summed E-state index contributed by atoms with van der Waals surface area (Å²) in [5.74, 6) is 0.129. The molecule has 0 amide bonds. The molecule has 6 nitrogen and oxygen atoms in total. The number of nitrogens with two attached hydrogens (primary N) is 1. The fourth-order valence-electron chi connectivity index (χ4n) is 6.02. The SMILES string of the molecule is CCc1cc2c(cc1N1CCNCC1)C1(CCOCC1)c1[nH]c3cc(N)ccc3c1C2=O. The smallest absolute Gasteiger partial charge is 0.195 e. The number of carbonyl (C=O) groups is 1. The Morgan fingerprint density at radius 3 is 2.66 bits per heavy atom. The standard InChI is InChI=1S/C26H30N4O2/c1-2-16-13-19-20(15-22(16)30-9-7-28-8-10-30)26(5-11-32-12-6-26)25-23(24(19)31)18-4-3-17(27)14-21(18)29-25/h3-4,13-15,28-29H,2,5-12,27H2,1H3. The van der Waals surface area contributed by atoms with E-state index in [1.807, 2.05) is 18.2 Å². The van der Waals surface area contributed by atoms with Crippen LogP contribution in [0.3, 0.4) is 0 Å². The molecule has 0 saturated carbocycles. The van der Waals surface area contributed by atoms with Gasteiger partial charge >= 0.3 is 0 Å². The normalized spacial score (nSPS) is 19.9. The number of aromatic amines is 1. The number of hydrogen-bond donors (Lipinski definition) is 3. The quantitative estimate of drug-likeness (QED) is 0.543. The minimum Gasteiger partial charge on any atom is -0.399 e.